The van der Waals surface area contributed by atoms with E-state index in [9.17, 15) is 9.59 Å². The molecule has 0 saturated carbocycles. The number of hydrogen-bond acceptors (Lipinski definition) is 4. The standard InChI is InChI=1S/C17H12ClNO3S/c18-13-3-1-2-12(8-13)10-22-14-6-4-11(5-7-14)9-15-16(20)23-17(21)19-15/h1-9H,10H2,(H,19,21). The van der Waals surface area contributed by atoms with E-state index in [1.807, 2.05) is 48.5 Å². The second-order valence-corrected chi connectivity index (χ2v) is 6.23. The van der Waals surface area contributed by atoms with Crippen LogP contribution in [0.2, 0.25) is 5.02 Å². The predicted octanol–water partition coefficient (Wildman–Crippen LogP) is 4.24. The first-order chi connectivity index (χ1) is 11.1. The molecule has 1 N–H and O–H groups in total. The van der Waals surface area contributed by atoms with Crippen LogP contribution in [0.25, 0.3) is 6.08 Å². The number of rotatable bonds is 4. The van der Waals surface area contributed by atoms with Crippen LogP contribution in [0, 0.1) is 0 Å². The molecule has 1 amide bonds. The normalized spacial score (nSPS) is 15.8. The first-order valence-electron chi connectivity index (χ1n) is 6.82. The molecule has 6 heteroatoms. The highest BCUT2D eigenvalue weighted by Gasteiger charge is 2.25. The topological polar surface area (TPSA) is 55.4 Å². The molecule has 0 unspecified atom stereocenters. The van der Waals surface area contributed by atoms with Crippen LogP contribution >= 0.6 is 23.4 Å². The summed E-state index contributed by atoms with van der Waals surface area (Å²) in [7, 11) is 0. The summed E-state index contributed by atoms with van der Waals surface area (Å²) in [4.78, 5) is 22.6. The smallest absolute Gasteiger partial charge is 0.291 e. The van der Waals surface area contributed by atoms with Crippen molar-refractivity contribution < 1.29 is 14.3 Å². The molecule has 2 aromatic rings. The Labute approximate surface area is 142 Å². The molecule has 4 nitrogen and oxygen atoms in total. The summed E-state index contributed by atoms with van der Waals surface area (Å²) in [5, 5.41) is 2.57. The summed E-state index contributed by atoms with van der Waals surface area (Å²) < 4.78 is 5.69. The van der Waals surface area contributed by atoms with Crippen molar-refractivity contribution in [2.75, 3.05) is 0 Å². The molecule has 3 rings (SSSR count). The van der Waals surface area contributed by atoms with Crippen molar-refractivity contribution in [3.63, 3.8) is 0 Å². The molecule has 0 aromatic heterocycles. The van der Waals surface area contributed by atoms with Crippen molar-refractivity contribution in [2.45, 2.75) is 6.61 Å². The van der Waals surface area contributed by atoms with Crippen molar-refractivity contribution in [1.82, 2.24) is 5.32 Å². The van der Waals surface area contributed by atoms with Gasteiger partial charge >= 0.3 is 0 Å². The zero-order valence-electron chi connectivity index (χ0n) is 11.9. The van der Waals surface area contributed by atoms with E-state index in [1.54, 1.807) is 6.08 Å². The minimum atomic E-state index is -0.345. The van der Waals surface area contributed by atoms with E-state index in [4.69, 9.17) is 16.3 Å². The second kappa shape index (κ2) is 6.89. The first kappa shape index (κ1) is 15.6. The maximum Gasteiger partial charge on any atom is 0.291 e. The van der Waals surface area contributed by atoms with Gasteiger partial charge < -0.3 is 10.1 Å². The van der Waals surface area contributed by atoms with Gasteiger partial charge in [-0.05, 0) is 41.5 Å². The number of carbonyl (C=O) groups is 2. The summed E-state index contributed by atoms with van der Waals surface area (Å²) in [6.45, 7) is 0.423. The number of ether oxygens (including phenoxy) is 1. The van der Waals surface area contributed by atoms with E-state index in [1.165, 1.54) is 0 Å². The number of nitrogens with one attached hydrogen (secondary N) is 1. The lowest BCUT2D eigenvalue weighted by Crippen LogP contribution is -2.10. The fourth-order valence-corrected chi connectivity index (χ4v) is 2.80. The fourth-order valence-electron chi connectivity index (χ4n) is 2.04. The number of carbonyl (C=O) groups excluding carboxylic acids is 2. The Morgan fingerprint density at radius 3 is 2.57 bits per heavy atom. The third kappa shape index (κ3) is 4.15. The van der Waals surface area contributed by atoms with Gasteiger partial charge in [-0.3, -0.25) is 9.59 Å². The van der Waals surface area contributed by atoms with E-state index >= 15 is 0 Å². The molecule has 0 bridgehead atoms. The van der Waals surface area contributed by atoms with Crippen LogP contribution in [0.1, 0.15) is 11.1 Å². The van der Waals surface area contributed by atoms with Gasteiger partial charge in [-0.1, -0.05) is 35.9 Å². The third-order valence-electron chi connectivity index (χ3n) is 3.13. The average Bonchev–Trinajstić information content (AvgIpc) is 2.84. The zero-order valence-corrected chi connectivity index (χ0v) is 13.5. The number of benzene rings is 2. The highest BCUT2D eigenvalue weighted by molar-refractivity contribution is 8.27. The van der Waals surface area contributed by atoms with E-state index in [-0.39, 0.29) is 10.4 Å². The van der Waals surface area contributed by atoms with Gasteiger partial charge in [0.2, 0.25) is 5.12 Å². The lowest BCUT2D eigenvalue weighted by Gasteiger charge is -2.07. The van der Waals surface area contributed by atoms with Gasteiger partial charge in [-0.2, -0.15) is 0 Å². The number of hydrogen-bond donors (Lipinski definition) is 1. The monoisotopic (exact) mass is 345 g/mol. The van der Waals surface area contributed by atoms with E-state index in [0.717, 1.165) is 11.1 Å². The molecule has 0 radical (unpaired) electrons. The molecule has 116 valence electrons. The lowest BCUT2D eigenvalue weighted by atomic mass is 10.2. The number of amides is 1. The van der Waals surface area contributed by atoms with E-state index in [0.29, 0.717) is 34.8 Å². The van der Waals surface area contributed by atoms with Gasteiger partial charge in [0.05, 0.1) is 5.70 Å². The highest BCUT2D eigenvalue weighted by Crippen LogP contribution is 2.22. The molecule has 23 heavy (non-hydrogen) atoms. The van der Waals surface area contributed by atoms with E-state index in [2.05, 4.69) is 5.32 Å². The Morgan fingerprint density at radius 1 is 1.13 bits per heavy atom. The largest absolute Gasteiger partial charge is 0.489 e. The van der Waals surface area contributed by atoms with Gasteiger partial charge in [-0.25, -0.2) is 0 Å². The Kier molecular flexibility index (Phi) is 4.69. The molecule has 1 aliphatic rings. The molecule has 0 aliphatic carbocycles. The van der Waals surface area contributed by atoms with Crippen molar-refractivity contribution in [2.24, 2.45) is 0 Å². The molecule has 2 aromatic carbocycles. The average molecular weight is 346 g/mol. The molecular weight excluding hydrogens is 334 g/mol. The number of halogens is 1. The van der Waals surface area contributed by atoms with Crippen molar-refractivity contribution in [1.29, 1.82) is 0 Å². The fraction of sp³-hybridized carbons (Fsp3) is 0.0588. The van der Waals surface area contributed by atoms with Crippen LogP contribution in [0.4, 0.5) is 4.79 Å². The minimum absolute atomic E-state index is 0.267. The van der Waals surface area contributed by atoms with Crippen LogP contribution in [0.15, 0.2) is 54.2 Å². The quantitative estimate of drug-likeness (QED) is 0.842. The molecular formula is C17H12ClNO3S. The van der Waals surface area contributed by atoms with Crippen LogP contribution in [0.5, 0.6) is 5.75 Å². The zero-order chi connectivity index (χ0) is 16.2. The van der Waals surface area contributed by atoms with Crippen LogP contribution < -0.4 is 10.1 Å². The highest BCUT2D eigenvalue weighted by atomic mass is 35.5. The Bertz CT molecular complexity index is 787. The van der Waals surface area contributed by atoms with Crippen LogP contribution in [0.3, 0.4) is 0 Å². The third-order valence-corrected chi connectivity index (χ3v) is 4.06. The van der Waals surface area contributed by atoms with Gasteiger partial charge in [0.25, 0.3) is 5.24 Å². The summed E-state index contributed by atoms with van der Waals surface area (Å²) in [6, 6.07) is 14.8. The first-order valence-corrected chi connectivity index (χ1v) is 8.02. The summed E-state index contributed by atoms with van der Waals surface area (Å²) in [5.41, 5.74) is 2.10. The molecule has 1 saturated heterocycles. The van der Waals surface area contributed by atoms with Gasteiger partial charge in [0.1, 0.15) is 12.4 Å². The maximum absolute atomic E-state index is 11.5. The van der Waals surface area contributed by atoms with Crippen molar-refractivity contribution in [3.05, 3.63) is 70.4 Å². The molecule has 0 atom stereocenters. The van der Waals surface area contributed by atoms with Gasteiger partial charge in [0, 0.05) is 16.8 Å². The lowest BCUT2D eigenvalue weighted by molar-refractivity contribution is -0.107. The summed E-state index contributed by atoms with van der Waals surface area (Å²) in [5.74, 6) is 0.711. The summed E-state index contributed by atoms with van der Waals surface area (Å²) >= 11 is 6.59. The van der Waals surface area contributed by atoms with Crippen molar-refractivity contribution in [3.8, 4) is 5.75 Å². The van der Waals surface area contributed by atoms with Crippen LogP contribution in [-0.4, -0.2) is 10.4 Å². The Morgan fingerprint density at radius 2 is 1.91 bits per heavy atom. The van der Waals surface area contributed by atoms with Crippen molar-refractivity contribution >= 4 is 39.8 Å². The Balaban J connectivity index is 1.64. The SMILES string of the molecule is O=C1NC(=Cc2ccc(OCc3cccc(Cl)c3)cc2)C(=O)S1. The molecule has 1 heterocycles. The maximum atomic E-state index is 11.5. The summed E-state index contributed by atoms with van der Waals surface area (Å²) in [6.07, 6.45) is 1.64. The predicted molar refractivity (Wildman–Crippen MR) is 91.3 cm³/mol. The van der Waals surface area contributed by atoms with Gasteiger partial charge in [-0.15, -0.1) is 0 Å². The second-order valence-electron chi connectivity index (χ2n) is 4.85. The van der Waals surface area contributed by atoms with E-state index < -0.39 is 0 Å². The molecule has 1 fully saturated rings. The molecule has 0 spiro atoms. The Hall–Kier alpha value is -2.24. The van der Waals surface area contributed by atoms with Crippen LogP contribution in [-0.2, 0) is 11.4 Å². The van der Waals surface area contributed by atoms with Gasteiger partial charge in [0.15, 0.2) is 0 Å². The molecule has 1 aliphatic heterocycles. The number of thioether (sulfide) groups is 1. The minimum Gasteiger partial charge on any atom is -0.489 e.